The van der Waals surface area contributed by atoms with E-state index in [-0.39, 0.29) is 0 Å². The zero-order valence-electron chi connectivity index (χ0n) is 9.05. The van der Waals surface area contributed by atoms with Gasteiger partial charge in [0.2, 0.25) is 0 Å². The van der Waals surface area contributed by atoms with Gasteiger partial charge < -0.3 is 5.73 Å². The zero-order valence-corrected chi connectivity index (χ0v) is 9.87. The number of nitrogens with zero attached hydrogens (tertiary/aromatic N) is 2. The molecule has 0 radical (unpaired) electrons. The van der Waals surface area contributed by atoms with E-state index in [1.807, 2.05) is 48.3 Å². The van der Waals surface area contributed by atoms with Crippen LogP contribution >= 0.6 is 12.2 Å². The number of benzene rings is 1. The highest BCUT2D eigenvalue weighted by atomic mass is 32.1. The third kappa shape index (κ3) is 2.28. The lowest BCUT2D eigenvalue weighted by Gasteiger charge is -2.07. The summed E-state index contributed by atoms with van der Waals surface area (Å²) in [5, 5.41) is 4.24. The van der Waals surface area contributed by atoms with Crippen LogP contribution < -0.4 is 5.73 Å². The molecule has 3 nitrogen and oxygen atoms in total. The van der Waals surface area contributed by atoms with E-state index in [1.54, 1.807) is 0 Å². The van der Waals surface area contributed by atoms with Crippen molar-refractivity contribution in [1.82, 2.24) is 9.78 Å². The van der Waals surface area contributed by atoms with Crippen molar-refractivity contribution in [1.29, 1.82) is 0 Å². The Kier molecular flexibility index (Phi) is 3.01. The molecule has 1 aromatic heterocycles. The van der Waals surface area contributed by atoms with Crippen LogP contribution in [0.1, 0.15) is 16.7 Å². The van der Waals surface area contributed by atoms with E-state index in [0.717, 1.165) is 16.7 Å². The van der Waals surface area contributed by atoms with Gasteiger partial charge in [0.1, 0.15) is 4.99 Å². The number of hydrogen-bond acceptors (Lipinski definition) is 2. The molecule has 0 spiro atoms. The van der Waals surface area contributed by atoms with Gasteiger partial charge in [0.15, 0.2) is 0 Å². The van der Waals surface area contributed by atoms with Gasteiger partial charge in [-0.2, -0.15) is 5.10 Å². The average molecular weight is 231 g/mol. The quantitative estimate of drug-likeness (QED) is 0.820. The lowest BCUT2D eigenvalue weighted by Crippen LogP contribution is -2.14. The molecule has 16 heavy (non-hydrogen) atoms. The average Bonchev–Trinajstić information content (AvgIpc) is 2.64. The van der Waals surface area contributed by atoms with Crippen LogP contribution in [0.2, 0.25) is 0 Å². The smallest absolute Gasteiger partial charge is 0.104 e. The molecule has 0 atom stereocenters. The van der Waals surface area contributed by atoms with Crippen LogP contribution in [-0.4, -0.2) is 14.8 Å². The maximum absolute atomic E-state index is 5.68. The van der Waals surface area contributed by atoms with Crippen LogP contribution in [0.4, 0.5) is 0 Å². The van der Waals surface area contributed by atoms with Crippen molar-refractivity contribution in [3.63, 3.8) is 0 Å². The molecule has 0 bridgehead atoms. The Bertz CT molecular complexity index is 516. The highest BCUT2D eigenvalue weighted by Crippen LogP contribution is 2.10. The Morgan fingerprint density at radius 3 is 2.81 bits per heavy atom. The SMILES string of the molecule is Cc1cnn(Cc2ccccc2C(N)=S)c1. The van der Waals surface area contributed by atoms with E-state index >= 15 is 0 Å². The largest absolute Gasteiger partial charge is 0.389 e. The van der Waals surface area contributed by atoms with E-state index < -0.39 is 0 Å². The second kappa shape index (κ2) is 4.45. The van der Waals surface area contributed by atoms with Crippen molar-refractivity contribution in [2.45, 2.75) is 13.5 Å². The van der Waals surface area contributed by atoms with Crippen molar-refractivity contribution < 1.29 is 0 Å². The Hall–Kier alpha value is -1.68. The first kappa shape index (κ1) is 10.8. The molecule has 2 aromatic rings. The molecule has 2 rings (SSSR count). The Morgan fingerprint density at radius 2 is 2.19 bits per heavy atom. The summed E-state index contributed by atoms with van der Waals surface area (Å²) >= 11 is 5.02. The fraction of sp³-hybridized carbons (Fsp3) is 0.167. The molecular weight excluding hydrogens is 218 g/mol. The molecule has 82 valence electrons. The number of aryl methyl sites for hydroxylation is 1. The van der Waals surface area contributed by atoms with E-state index in [2.05, 4.69) is 5.10 Å². The third-order valence-electron chi connectivity index (χ3n) is 2.38. The van der Waals surface area contributed by atoms with Gasteiger partial charge >= 0.3 is 0 Å². The molecule has 0 aliphatic carbocycles. The van der Waals surface area contributed by atoms with Crippen molar-refractivity contribution >= 4 is 17.2 Å². The third-order valence-corrected chi connectivity index (χ3v) is 2.60. The number of thiocarbonyl (C=S) groups is 1. The minimum Gasteiger partial charge on any atom is -0.389 e. The van der Waals surface area contributed by atoms with Gasteiger partial charge in [0.25, 0.3) is 0 Å². The summed E-state index contributed by atoms with van der Waals surface area (Å²) in [5.41, 5.74) is 8.84. The summed E-state index contributed by atoms with van der Waals surface area (Å²) in [6, 6.07) is 7.87. The van der Waals surface area contributed by atoms with E-state index in [9.17, 15) is 0 Å². The first-order valence-electron chi connectivity index (χ1n) is 5.03. The first-order chi connectivity index (χ1) is 7.66. The summed E-state index contributed by atoms with van der Waals surface area (Å²) in [4.78, 5) is 0.430. The summed E-state index contributed by atoms with van der Waals surface area (Å²) in [6.07, 6.45) is 3.83. The molecule has 0 fully saturated rings. The lowest BCUT2D eigenvalue weighted by atomic mass is 10.1. The molecule has 0 saturated carbocycles. The maximum atomic E-state index is 5.68. The fourth-order valence-electron chi connectivity index (χ4n) is 1.63. The summed E-state index contributed by atoms with van der Waals surface area (Å²) in [6.45, 7) is 2.71. The maximum Gasteiger partial charge on any atom is 0.104 e. The minimum absolute atomic E-state index is 0.430. The van der Waals surface area contributed by atoms with E-state index in [4.69, 9.17) is 18.0 Å². The number of aromatic nitrogens is 2. The van der Waals surface area contributed by atoms with E-state index in [0.29, 0.717) is 11.5 Å². The highest BCUT2D eigenvalue weighted by molar-refractivity contribution is 7.80. The van der Waals surface area contributed by atoms with E-state index in [1.165, 1.54) is 0 Å². The summed E-state index contributed by atoms with van der Waals surface area (Å²) in [7, 11) is 0. The van der Waals surface area contributed by atoms with Crippen LogP contribution in [0.25, 0.3) is 0 Å². The van der Waals surface area contributed by atoms with Gasteiger partial charge in [-0.1, -0.05) is 36.5 Å². The topological polar surface area (TPSA) is 43.8 Å². The summed E-state index contributed by atoms with van der Waals surface area (Å²) < 4.78 is 1.88. The van der Waals surface area contributed by atoms with Crippen molar-refractivity contribution in [3.8, 4) is 0 Å². The van der Waals surface area contributed by atoms with Crippen molar-refractivity contribution in [2.24, 2.45) is 5.73 Å². The molecule has 1 aromatic carbocycles. The lowest BCUT2D eigenvalue weighted by molar-refractivity contribution is 0.686. The molecule has 0 saturated heterocycles. The molecular formula is C12H13N3S. The van der Waals surface area contributed by atoms with Crippen molar-refractivity contribution in [2.75, 3.05) is 0 Å². The van der Waals surface area contributed by atoms with Gasteiger partial charge in [-0.3, -0.25) is 4.68 Å². The van der Waals surface area contributed by atoms with Gasteiger partial charge in [-0.25, -0.2) is 0 Å². The number of hydrogen-bond donors (Lipinski definition) is 1. The molecule has 2 N–H and O–H groups in total. The minimum atomic E-state index is 0.430. The molecule has 0 aliphatic rings. The van der Waals surface area contributed by atoms with Crippen LogP contribution in [-0.2, 0) is 6.54 Å². The van der Waals surface area contributed by atoms with Crippen LogP contribution in [0, 0.1) is 6.92 Å². The monoisotopic (exact) mass is 231 g/mol. The van der Waals surface area contributed by atoms with Crippen molar-refractivity contribution in [3.05, 3.63) is 53.3 Å². The van der Waals surface area contributed by atoms with Gasteiger partial charge in [0.05, 0.1) is 12.7 Å². The molecule has 0 unspecified atom stereocenters. The first-order valence-corrected chi connectivity index (χ1v) is 5.44. The summed E-state index contributed by atoms with van der Waals surface area (Å²) in [5.74, 6) is 0. The number of nitrogens with two attached hydrogens (primary N) is 1. The molecule has 0 aliphatic heterocycles. The highest BCUT2D eigenvalue weighted by Gasteiger charge is 2.05. The van der Waals surface area contributed by atoms with Crippen LogP contribution in [0.15, 0.2) is 36.7 Å². The second-order valence-corrected chi connectivity index (χ2v) is 4.18. The van der Waals surface area contributed by atoms with Crippen LogP contribution in [0.5, 0.6) is 0 Å². The standard InChI is InChI=1S/C12H13N3S/c1-9-6-14-15(7-9)8-10-4-2-3-5-11(10)12(13)16/h2-7H,8H2,1H3,(H2,13,16). The zero-order chi connectivity index (χ0) is 11.5. The van der Waals surface area contributed by atoms with Gasteiger partial charge in [-0.05, 0) is 18.1 Å². The predicted octanol–water partition coefficient (Wildman–Crippen LogP) is 1.87. The molecule has 0 amide bonds. The Balaban J connectivity index is 2.31. The predicted molar refractivity (Wildman–Crippen MR) is 68.4 cm³/mol. The Labute approximate surface area is 99.9 Å². The molecule has 4 heteroatoms. The van der Waals surface area contributed by atoms with Gasteiger partial charge in [-0.15, -0.1) is 0 Å². The molecule has 1 heterocycles. The normalized spacial score (nSPS) is 10.3. The number of rotatable bonds is 3. The fourth-order valence-corrected chi connectivity index (χ4v) is 1.83. The Morgan fingerprint density at radius 1 is 1.44 bits per heavy atom. The van der Waals surface area contributed by atoms with Gasteiger partial charge in [0, 0.05) is 11.8 Å². The van der Waals surface area contributed by atoms with Crippen LogP contribution in [0.3, 0.4) is 0 Å². The second-order valence-electron chi connectivity index (χ2n) is 3.74.